The standard InChI is InChI=1S/C34H48FN5O5S/c1-6-24(22-41)29(37-32(15-8-9-16-33(43)44)40(4)19-11-12-25(35)7-2)18-17-26(36-3)20-27(42)23-46-34-38-30-14-10-13-28(45-5)21-31(30)39-34/h6-7,10-12,14,18,20-21,26,36,41-42H,8-9,13,15-17,19,22-23H2,1-5H3,(H,38,39)(H,43,44)/b12-11-,24-6-,25-7+,27-20-,29-18+,37-32?. The van der Waals surface area contributed by atoms with Crippen LogP contribution in [0.4, 0.5) is 4.39 Å². The van der Waals surface area contributed by atoms with Crippen LogP contribution in [-0.4, -0.2) is 88.1 Å². The zero-order valence-corrected chi connectivity index (χ0v) is 28.2. The number of aliphatic imine (C=N–C) groups is 1. The van der Waals surface area contributed by atoms with Gasteiger partial charge in [0.1, 0.15) is 23.2 Å². The lowest BCUT2D eigenvalue weighted by Gasteiger charge is -2.21. The molecule has 46 heavy (non-hydrogen) atoms. The van der Waals surface area contributed by atoms with Crippen LogP contribution in [0.25, 0.3) is 12.2 Å². The van der Waals surface area contributed by atoms with Crippen molar-refractivity contribution < 1.29 is 29.2 Å². The topological polar surface area (TPSA) is 143 Å². The number of carboxylic acids is 1. The molecule has 0 saturated carbocycles. The van der Waals surface area contributed by atoms with E-state index in [1.54, 1.807) is 39.3 Å². The number of aliphatic hydroxyl groups is 2. The molecular weight excluding hydrogens is 609 g/mol. The monoisotopic (exact) mass is 657 g/mol. The van der Waals surface area contributed by atoms with Gasteiger partial charge in [-0.1, -0.05) is 42.1 Å². The van der Waals surface area contributed by atoms with Gasteiger partial charge in [0.25, 0.3) is 0 Å². The number of nitrogens with one attached hydrogen (secondary N) is 2. The molecule has 1 heterocycles. The highest BCUT2D eigenvalue weighted by atomic mass is 32.2. The van der Waals surface area contributed by atoms with Crippen molar-refractivity contribution >= 4 is 35.7 Å². The summed E-state index contributed by atoms with van der Waals surface area (Å²) < 4.78 is 19.0. The van der Waals surface area contributed by atoms with Crippen LogP contribution >= 0.6 is 11.8 Å². The van der Waals surface area contributed by atoms with Gasteiger partial charge in [-0.05, 0) is 64.0 Å². The number of likely N-dealkylation sites (N-methyl/N-ethyl adjacent to an activating group) is 2. The number of aromatic amines is 1. The van der Waals surface area contributed by atoms with Crippen molar-refractivity contribution in [3.8, 4) is 0 Å². The Labute approximate surface area is 275 Å². The second kappa shape index (κ2) is 21.0. The summed E-state index contributed by atoms with van der Waals surface area (Å²) in [6.45, 7) is 3.61. The van der Waals surface area contributed by atoms with E-state index in [2.05, 4.69) is 15.3 Å². The van der Waals surface area contributed by atoms with Crippen molar-refractivity contribution in [1.82, 2.24) is 20.2 Å². The molecule has 0 fully saturated rings. The number of hydrogen-bond acceptors (Lipinski definition) is 8. The van der Waals surface area contributed by atoms with Crippen LogP contribution in [0.15, 0.2) is 81.3 Å². The molecule has 1 aliphatic rings. The first-order valence-corrected chi connectivity index (χ1v) is 16.3. The normalized spacial score (nSPS) is 15.5. The van der Waals surface area contributed by atoms with Gasteiger partial charge in [-0.2, -0.15) is 0 Å². The maximum absolute atomic E-state index is 13.6. The van der Waals surface area contributed by atoms with E-state index in [1.165, 1.54) is 23.9 Å². The van der Waals surface area contributed by atoms with Crippen LogP contribution in [0.1, 0.15) is 63.8 Å². The molecule has 0 radical (unpaired) electrons. The Balaban J connectivity index is 2.23. The number of thioether (sulfide) groups is 1. The maximum Gasteiger partial charge on any atom is 0.303 e. The fourth-order valence-electron chi connectivity index (χ4n) is 4.39. The van der Waals surface area contributed by atoms with E-state index in [4.69, 9.17) is 14.8 Å². The summed E-state index contributed by atoms with van der Waals surface area (Å²) in [6.07, 6.45) is 18.6. The van der Waals surface area contributed by atoms with Gasteiger partial charge >= 0.3 is 5.97 Å². The lowest BCUT2D eigenvalue weighted by molar-refractivity contribution is -0.137. The van der Waals surface area contributed by atoms with E-state index in [-0.39, 0.29) is 30.7 Å². The number of imidazole rings is 1. The zero-order valence-electron chi connectivity index (χ0n) is 27.4. The first-order valence-electron chi connectivity index (χ1n) is 15.3. The molecule has 0 aromatic carbocycles. The molecule has 0 spiro atoms. The summed E-state index contributed by atoms with van der Waals surface area (Å²) in [6, 6.07) is -0.227. The fraction of sp³-hybridized carbons (Fsp3) is 0.441. The predicted molar refractivity (Wildman–Crippen MR) is 185 cm³/mol. The van der Waals surface area contributed by atoms with Gasteiger partial charge in [-0.25, -0.2) is 14.4 Å². The summed E-state index contributed by atoms with van der Waals surface area (Å²) in [5.74, 6) is 0.826. The van der Waals surface area contributed by atoms with E-state index in [0.717, 1.165) is 17.1 Å². The molecule has 10 nitrogen and oxygen atoms in total. The fourth-order valence-corrected chi connectivity index (χ4v) is 5.11. The minimum Gasteiger partial charge on any atom is -0.512 e. The Morgan fingerprint density at radius 3 is 2.70 bits per heavy atom. The molecule has 1 aromatic heterocycles. The van der Waals surface area contributed by atoms with Crippen molar-refractivity contribution in [3.63, 3.8) is 0 Å². The number of hydrogen-bond donors (Lipinski definition) is 5. The lowest BCUT2D eigenvalue weighted by Crippen LogP contribution is -2.27. The third-order valence-electron chi connectivity index (χ3n) is 7.10. The number of rotatable bonds is 19. The maximum atomic E-state index is 13.6. The number of H-pyrrole nitrogens is 1. The predicted octanol–water partition coefficient (Wildman–Crippen LogP) is 6.55. The number of amidine groups is 1. The first kappa shape index (κ1) is 38.3. The number of methoxy groups -OCH3 is 1. The average Bonchev–Trinajstić information content (AvgIpc) is 3.32. The molecule has 12 heteroatoms. The van der Waals surface area contributed by atoms with Gasteiger partial charge in [0, 0.05) is 45.0 Å². The van der Waals surface area contributed by atoms with Crippen molar-refractivity contribution in [2.24, 2.45) is 4.99 Å². The molecule has 0 bridgehead atoms. The highest BCUT2D eigenvalue weighted by Crippen LogP contribution is 2.25. The van der Waals surface area contributed by atoms with Crippen molar-refractivity contribution in [2.45, 2.75) is 63.6 Å². The number of ether oxygens (including phenoxy) is 1. The van der Waals surface area contributed by atoms with Crippen LogP contribution in [0.3, 0.4) is 0 Å². The summed E-state index contributed by atoms with van der Waals surface area (Å²) >= 11 is 1.39. The van der Waals surface area contributed by atoms with Gasteiger partial charge in [0.2, 0.25) is 0 Å². The Bertz CT molecular complexity index is 1390. The minimum atomic E-state index is -0.852. The number of carbonyl (C=O) groups is 1. The smallest absolute Gasteiger partial charge is 0.303 e. The van der Waals surface area contributed by atoms with Crippen LogP contribution in [0.2, 0.25) is 0 Å². The second-order valence-electron chi connectivity index (χ2n) is 10.5. The first-order chi connectivity index (χ1) is 22.1. The molecular formula is C34H48FN5O5S. The summed E-state index contributed by atoms with van der Waals surface area (Å²) in [5, 5.41) is 33.8. The summed E-state index contributed by atoms with van der Waals surface area (Å²) in [4.78, 5) is 25.7. The number of unbranched alkanes of at least 4 members (excludes halogenated alkanes) is 1. The van der Waals surface area contributed by atoms with Crippen LogP contribution in [0, 0.1) is 0 Å². The third kappa shape index (κ3) is 13.6. The van der Waals surface area contributed by atoms with Gasteiger partial charge < -0.3 is 35.3 Å². The van der Waals surface area contributed by atoms with Gasteiger partial charge in [0.15, 0.2) is 5.16 Å². The molecule has 0 saturated heterocycles. The Hall–Kier alpha value is -3.87. The van der Waals surface area contributed by atoms with E-state index >= 15 is 0 Å². The third-order valence-corrected chi connectivity index (χ3v) is 8.01. The number of aliphatic carboxylic acids is 1. The van der Waals surface area contributed by atoms with E-state index in [0.29, 0.717) is 66.7 Å². The molecule has 1 aromatic rings. The lowest BCUT2D eigenvalue weighted by atomic mass is 10.1. The van der Waals surface area contributed by atoms with Gasteiger partial charge in [-0.3, -0.25) is 4.79 Å². The Kier molecular flexibility index (Phi) is 17.5. The van der Waals surface area contributed by atoms with Crippen molar-refractivity contribution in [3.05, 3.63) is 82.5 Å². The quantitative estimate of drug-likeness (QED) is 0.0279. The van der Waals surface area contributed by atoms with Gasteiger partial charge in [-0.15, -0.1) is 0 Å². The number of allylic oxidation sites excluding steroid dienone is 5. The molecule has 0 aliphatic heterocycles. The van der Waals surface area contributed by atoms with Crippen LogP contribution in [0.5, 0.6) is 0 Å². The Morgan fingerprint density at radius 1 is 1.28 bits per heavy atom. The molecule has 1 atom stereocenters. The molecule has 252 valence electrons. The van der Waals surface area contributed by atoms with Crippen molar-refractivity contribution in [1.29, 1.82) is 0 Å². The highest BCUT2D eigenvalue weighted by molar-refractivity contribution is 7.99. The average molecular weight is 658 g/mol. The highest BCUT2D eigenvalue weighted by Gasteiger charge is 2.14. The van der Waals surface area contributed by atoms with E-state index < -0.39 is 5.97 Å². The second-order valence-corrected chi connectivity index (χ2v) is 11.5. The Morgan fingerprint density at radius 2 is 2.04 bits per heavy atom. The number of aromatic nitrogens is 2. The number of halogens is 1. The van der Waals surface area contributed by atoms with Gasteiger partial charge in [0.05, 0.1) is 36.6 Å². The summed E-state index contributed by atoms with van der Waals surface area (Å²) in [7, 11) is 5.28. The number of nitrogens with zero attached hydrogens (tertiary/aromatic N) is 3. The van der Waals surface area contributed by atoms with E-state index in [1.807, 2.05) is 43.2 Å². The number of carboxylic acid groups (broad SMARTS) is 1. The molecule has 2 rings (SSSR count). The molecule has 0 amide bonds. The SMILES string of the molecule is C/C=C(F)\C=C/CN(C)C(CCCCC(=O)O)=NC(=C/CC(/C=C(\O)CSc1nc2c([nH]1)C=C(OC)CC=C2)NC)/C(=C\C)CO. The number of fused-ring (bicyclic) bond motifs is 1. The number of aliphatic hydroxyl groups excluding tert-OH is 2. The summed E-state index contributed by atoms with van der Waals surface area (Å²) in [5.41, 5.74) is 2.88. The van der Waals surface area contributed by atoms with Crippen LogP contribution in [-0.2, 0) is 9.53 Å². The molecule has 1 aliphatic carbocycles. The van der Waals surface area contributed by atoms with Crippen LogP contribution < -0.4 is 5.32 Å². The largest absolute Gasteiger partial charge is 0.512 e. The molecule has 1 unspecified atom stereocenters. The zero-order chi connectivity index (χ0) is 33.9. The van der Waals surface area contributed by atoms with Crippen molar-refractivity contribution in [2.75, 3.05) is 40.1 Å². The minimum absolute atomic E-state index is 0.0614. The molecule has 5 N–H and O–H groups in total. The van der Waals surface area contributed by atoms with E-state index in [9.17, 15) is 19.4 Å².